The van der Waals surface area contributed by atoms with Crippen LogP contribution in [0.2, 0.25) is 0 Å². The molecule has 1 rings (SSSR count). The predicted octanol–water partition coefficient (Wildman–Crippen LogP) is 2.39. The van der Waals surface area contributed by atoms with Gasteiger partial charge in [0.1, 0.15) is 12.4 Å². The molecule has 5 nitrogen and oxygen atoms in total. The quantitative estimate of drug-likeness (QED) is 0.436. The van der Waals surface area contributed by atoms with E-state index in [1.54, 1.807) is 0 Å². The number of hydrogen-bond acceptors (Lipinski definition) is 2. The van der Waals surface area contributed by atoms with Gasteiger partial charge in [-0.15, -0.1) is 0 Å². The number of nitrogens with zero attached hydrogens (tertiary/aromatic N) is 3. The summed E-state index contributed by atoms with van der Waals surface area (Å²) < 4.78 is 2.18. The van der Waals surface area contributed by atoms with Crippen LogP contribution in [0.15, 0.2) is 17.4 Å². The maximum Gasteiger partial charge on any atom is 0.191 e. The molecule has 0 bridgehead atoms. The fourth-order valence-corrected chi connectivity index (χ4v) is 1.93. The van der Waals surface area contributed by atoms with Crippen LogP contribution in [0.3, 0.4) is 0 Å². The van der Waals surface area contributed by atoms with Gasteiger partial charge in [-0.3, -0.25) is 0 Å². The van der Waals surface area contributed by atoms with Crippen LogP contribution in [0, 0.1) is 5.92 Å². The molecule has 1 heterocycles. The topological polar surface area (TPSA) is 54.2 Å². The molecule has 0 aromatic carbocycles. The van der Waals surface area contributed by atoms with Gasteiger partial charge in [0.15, 0.2) is 5.96 Å². The minimum absolute atomic E-state index is 0.612. The van der Waals surface area contributed by atoms with E-state index in [4.69, 9.17) is 0 Å². The summed E-state index contributed by atoms with van der Waals surface area (Å²) in [6.07, 6.45) is 6.23. The molecular formula is C15H29N5. The highest BCUT2D eigenvalue weighted by Gasteiger charge is 2.04. The third kappa shape index (κ3) is 6.08. The Morgan fingerprint density at radius 2 is 2.15 bits per heavy atom. The molecule has 0 spiro atoms. The Hall–Kier alpha value is -1.52. The van der Waals surface area contributed by atoms with E-state index >= 15 is 0 Å². The second kappa shape index (κ2) is 9.39. The van der Waals surface area contributed by atoms with Gasteiger partial charge < -0.3 is 15.2 Å². The summed E-state index contributed by atoms with van der Waals surface area (Å²) >= 11 is 0. The summed E-state index contributed by atoms with van der Waals surface area (Å²) in [6, 6.07) is 0. The van der Waals surface area contributed by atoms with Crippen molar-refractivity contribution in [1.82, 2.24) is 20.2 Å². The van der Waals surface area contributed by atoms with Crippen LogP contribution in [-0.4, -0.2) is 28.6 Å². The van der Waals surface area contributed by atoms with E-state index in [9.17, 15) is 0 Å². The van der Waals surface area contributed by atoms with Crippen molar-refractivity contribution in [1.29, 1.82) is 0 Å². The fourth-order valence-electron chi connectivity index (χ4n) is 1.93. The van der Waals surface area contributed by atoms with Crippen molar-refractivity contribution in [2.75, 3.05) is 13.1 Å². The van der Waals surface area contributed by atoms with Gasteiger partial charge in [0.25, 0.3) is 0 Å². The second-order valence-corrected chi connectivity index (χ2v) is 5.37. The van der Waals surface area contributed by atoms with Crippen molar-refractivity contribution in [2.45, 2.75) is 53.6 Å². The Morgan fingerprint density at radius 3 is 2.80 bits per heavy atom. The summed E-state index contributed by atoms with van der Waals surface area (Å²) in [5.41, 5.74) is 0. The molecule has 1 aromatic heterocycles. The van der Waals surface area contributed by atoms with E-state index in [1.165, 1.54) is 6.42 Å². The van der Waals surface area contributed by atoms with Crippen molar-refractivity contribution < 1.29 is 0 Å². The van der Waals surface area contributed by atoms with Crippen molar-refractivity contribution in [2.24, 2.45) is 10.9 Å². The smallest absolute Gasteiger partial charge is 0.191 e. The Labute approximate surface area is 122 Å². The molecule has 0 saturated heterocycles. The minimum Gasteiger partial charge on any atom is -0.357 e. The van der Waals surface area contributed by atoms with Crippen molar-refractivity contribution >= 4 is 5.96 Å². The van der Waals surface area contributed by atoms with Crippen LogP contribution >= 0.6 is 0 Å². The van der Waals surface area contributed by atoms with Crippen LogP contribution < -0.4 is 10.6 Å². The first-order valence-electron chi connectivity index (χ1n) is 7.69. The van der Waals surface area contributed by atoms with Crippen LogP contribution in [0.1, 0.15) is 46.4 Å². The molecule has 0 aliphatic rings. The molecule has 114 valence electrons. The van der Waals surface area contributed by atoms with E-state index < -0.39 is 0 Å². The number of imidazole rings is 1. The first kappa shape index (κ1) is 16.5. The van der Waals surface area contributed by atoms with E-state index in [1.807, 2.05) is 12.4 Å². The van der Waals surface area contributed by atoms with E-state index in [0.29, 0.717) is 12.5 Å². The summed E-state index contributed by atoms with van der Waals surface area (Å²) in [5, 5.41) is 6.61. The highest BCUT2D eigenvalue weighted by molar-refractivity contribution is 5.79. The van der Waals surface area contributed by atoms with Gasteiger partial charge in [-0.25, -0.2) is 9.98 Å². The van der Waals surface area contributed by atoms with Crippen LogP contribution in [0.25, 0.3) is 0 Å². The molecule has 0 unspecified atom stereocenters. The second-order valence-electron chi connectivity index (χ2n) is 5.37. The summed E-state index contributed by atoms with van der Waals surface area (Å²) in [7, 11) is 0. The SMILES string of the molecule is CCCCNC(=NCc1nccn1CC(C)C)NCC. The lowest BCUT2D eigenvalue weighted by Crippen LogP contribution is -2.37. The number of unbranched alkanes of at least 4 members (excludes halogenated alkanes) is 1. The molecule has 1 aromatic rings. The van der Waals surface area contributed by atoms with Gasteiger partial charge in [-0.05, 0) is 19.3 Å². The fraction of sp³-hybridized carbons (Fsp3) is 0.733. The van der Waals surface area contributed by atoms with E-state index in [2.05, 4.69) is 52.9 Å². The lowest BCUT2D eigenvalue weighted by atomic mass is 10.2. The van der Waals surface area contributed by atoms with Crippen molar-refractivity contribution in [3.8, 4) is 0 Å². The van der Waals surface area contributed by atoms with E-state index in [-0.39, 0.29) is 0 Å². The average Bonchev–Trinajstić information content (AvgIpc) is 2.82. The Balaban J connectivity index is 2.59. The van der Waals surface area contributed by atoms with Gasteiger partial charge in [0.2, 0.25) is 0 Å². The molecule has 0 amide bonds. The van der Waals surface area contributed by atoms with Crippen LogP contribution in [0.5, 0.6) is 0 Å². The first-order chi connectivity index (χ1) is 9.67. The molecule has 20 heavy (non-hydrogen) atoms. The summed E-state index contributed by atoms with van der Waals surface area (Å²) in [6.45, 7) is 12.1. The molecule has 0 aliphatic heterocycles. The molecule has 0 radical (unpaired) electrons. The number of rotatable bonds is 8. The normalized spacial score (nSPS) is 11.9. The third-order valence-electron chi connectivity index (χ3n) is 2.91. The van der Waals surface area contributed by atoms with E-state index in [0.717, 1.165) is 37.8 Å². The van der Waals surface area contributed by atoms with Crippen molar-refractivity contribution in [3.63, 3.8) is 0 Å². The van der Waals surface area contributed by atoms with Gasteiger partial charge >= 0.3 is 0 Å². The number of aromatic nitrogens is 2. The Morgan fingerprint density at radius 1 is 1.35 bits per heavy atom. The van der Waals surface area contributed by atoms with Gasteiger partial charge in [0, 0.05) is 32.0 Å². The summed E-state index contributed by atoms with van der Waals surface area (Å²) in [5.74, 6) is 2.51. The zero-order valence-electron chi connectivity index (χ0n) is 13.3. The lowest BCUT2D eigenvalue weighted by molar-refractivity contribution is 0.507. The Bertz CT molecular complexity index is 395. The van der Waals surface area contributed by atoms with Gasteiger partial charge in [-0.1, -0.05) is 27.2 Å². The lowest BCUT2D eigenvalue weighted by Gasteiger charge is -2.12. The standard InChI is InChI=1S/C15H29N5/c1-5-7-8-18-15(16-6-2)19-11-14-17-9-10-20(14)12-13(3)4/h9-10,13H,5-8,11-12H2,1-4H3,(H2,16,18,19). The predicted molar refractivity (Wildman–Crippen MR) is 84.8 cm³/mol. The molecule has 2 N–H and O–H groups in total. The number of guanidine groups is 1. The molecule has 0 atom stereocenters. The highest BCUT2D eigenvalue weighted by Crippen LogP contribution is 2.04. The monoisotopic (exact) mass is 279 g/mol. The molecular weight excluding hydrogens is 250 g/mol. The highest BCUT2D eigenvalue weighted by atomic mass is 15.2. The van der Waals surface area contributed by atoms with Gasteiger partial charge in [0.05, 0.1) is 0 Å². The summed E-state index contributed by atoms with van der Waals surface area (Å²) in [4.78, 5) is 9.00. The number of hydrogen-bond donors (Lipinski definition) is 2. The van der Waals surface area contributed by atoms with Crippen molar-refractivity contribution in [3.05, 3.63) is 18.2 Å². The van der Waals surface area contributed by atoms with Crippen LogP contribution in [-0.2, 0) is 13.1 Å². The van der Waals surface area contributed by atoms with Crippen LogP contribution in [0.4, 0.5) is 0 Å². The zero-order valence-corrected chi connectivity index (χ0v) is 13.3. The Kier molecular flexibility index (Phi) is 7.77. The zero-order chi connectivity index (χ0) is 14.8. The molecule has 0 saturated carbocycles. The molecule has 0 aliphatic carbocycles. The maximum absolute atomic E-state index is 4.61. The average molecular weight is 279 g/mol. The largest absolute Gasteiger partial charge is 0.357 e. The number of aliphatic imine (C=N–C) groups is 1. The van der Waals surface area contributed by atoms with Gasteiger partial charge in [-0.2, -0.15) is 0 Å². The maximum atomic E-state index is 4.61. The first-order valence-corrected chi connectivity index (χ1v) is 7.69. The number of nitrogens with one attached hydrogen (secondary N) is 2. The minimum atomic E-state index is 0.612. The molecule has 5 heteroatoms. The third-order valence-corrected chi connectivity index (χ3v) is 2.91. The molecule has 0 fully saturated rings.